The summed E-state index contributed by atoms with van der Waals surface area (Å²) in [6.07, 6.45) is 0. The number of carbonyl (C=O) groups is 1. The molecule has 13 heavy (non-hydrogen) atoms. The minimum Gasteiger partial charge on any atom is -0.478 e. The van der Waals surface area contributed by atoms with Crippen LogP contribution in [0, 0.1) is 10.1 Å². The molecule has 1 aromatic carbocycles. The second-order valence-corrected chi connectivity index (χ2v) is 2.75. The lowest BCUT2D eigenvalue weighted by Crippen LogP contribution is -1.98. The minimum atomic E-state index is -1.20. The maximum atomic E-state index is 10.4. The van der Waals surface area contributed by atoms with Crippen LogP contribution in [0.3, 0.4) is 0 Å². The van der Waals surface area contributed by atoms with Gasteiger partial charge in [-0.05, 0) is 12.1 Å². The first-order valence-corrected chi connectivity index (χ1v) is 3.68. The molecule has 0 heterocycles. The summed E-state index contributed by atoms with van der Waals surface area (Å²) >= 11 is 3.82. The highest BCUT2D eigenvalue weighted by Gasteiger charge is 2.14. The Hall–Kier alpha value is -1.56. The summed E-state index contributed by atoms with van der Waals surface area (Å²) < 4.78 is 0. The first kappa shape index (κ1) is 9.53. The largest absolute Gasteiger partial charge is 0.478 e. The summed E-state index contributed by atoms with van der Waals surface area (Å²) in [5.41, 5.74) is -0.423. The molecule has 0 aliphatic heterocycles. The Morgan fingerprint density at radius 2 is 2.15 bits per heavy atom. The van der Waals surface area contributed by atoms with E-state index in [1.165, 1.54) is 12.1 Å². The van der Waals surface area contributed by atoms with Crippen LogP contribution in [0.25, 0.3) is 0 Å². The summed E-state index contributed by atoms with van der Waals surface area (Å²) in [6.45, 7) is 0. The van der Waals surface area contributed by atoms with Crippen LogP contribution in [0.1, 0.15) is 10.4 Å². The molecule has 6 heteroatoms. The van der Waals surface area contributed by atoms with E-state index >= 15 is 0 Å². The summed E-state index contributed by atoms with van der Waals surface area (Å²) in [4.78, 5) is 20.3. The van der Waals surface area contributed by atoms with Crippen molar-refractivity contribution < 1.29 is 14.8 Å². The SMILES string of the molecule is O=C(O)c1ccc(S)c([N+](=O)[O-])c1. The third kappa shape index (κ3) is 1.97. The van der Waals surface area contributed by atoms with Crippen LogP contribution in [-0.4, -0.2) is 16.0 Å². The van der Waals surface area contributed by atoms with Crippen LogP contribution in [0.15, 0.2) is 23.1 Å². The average Bonchev–Trinajstić information content (AvgIpc) is 2.04. The van der Waals surface area contributed by atoms with Gasteiger partial charge >= 0.3 is 5.97 Å². The van der Waals surface area contributed by atoms with Gasteiger partial charge in [-0.15, -0.1) is 12.6 Å². The van der Waals surface area contributed by atoms with Crippen molar-refractivity contribution in [2.45, 2.75) is 4.90 Å². The molecule has 0 aliphatic carbocycles. The average molecular weight is 199 g/mol. The fourth-order valence-corrected chi connectivity index (χ4v) is 1.02. The number of carboxylic acids is 1. The highest BCUT2D eigenvalue weighted by atomic mass is 32.1. The van der Waals surface area contributed by atoms with Gasteiger partial charge in [0.2, 0.25) is 0 Å². The van der Waals surface area contributed by atoms with E-state index in [-0.39, 0.29) is 16.1 Å². The molecular weight excluding hydrogens is 194 g/mol. The van der Waals surface area contributed by atoms with E-state index in [0.29, 0.717) is 0 Å². The lowest BCUT2D eigenvalue weighted by Gasteiger charge is -1.97. The maximum Gasteiger partial charge on any atom is 0.335 e. The Morgan fingerprint density at radius 3 is 2.62 bits per heavy atom. The molecule has 1 rings (SSSR count). The number of nitro benzene ring substituents is 1. The number of thiol groups is 1. The van der Waals surface area contributed by atoms with Gasteiger partial charge in [0.1, 0.15) is 0 Å². The molecule has 0 bridgehead atoms. The van der Waals surface area contributed by atoms with Gasteiger partial charge in [0, 0.05) is 6.07 Å². The number of nitro groups is 1. The van der Waals surface area contributed by atoms with Crippen LogP contribution >= 0.6 is 12.6 Å². The van der Waals surface area contributed by atoms with E-state index in [2.05, 4.69) is 12.6 Å². The zero-order chi connectivity index (χ0) is 10.0. The molecule has 0 aromatic heterocycles. The van der Waals surface area contributed by atoms with Crippen LogP contribution in [0.2, 0.25) is 0 Å². The number of hydrogen-bond acceptors (Lipinski definition) is 4. The number of benzene rings is 1. The van der Waals surface area contributed by atoms with Crippen molar-refractivity contribution in [2.75, 3.05) is 0 Å². The Morgan fingerprint density at radius 1 is 1.54 bits per heavy atom. The van der Waals surface area contributed by atoms with E-state index in [9.17, 15) is 14.9 Å². The van der Waals surface area contributed by atoms with Gasteiger partial charge in [0.15, 0.2) is 0 Å². The molecule has 0 amide bonds. The van der Waals surface area contributed by atoms with Crippen molar-refractivity contribution in [2.24, 2.45) is 0 Å². The topological polar surface area (TPSA) is 80.4 Å². The minimum absolute atomic E-state index is 0.121. The Balaban J connectivity index is 3.27. The van der Waals surface area contributed by atoms with E-state index < -0.39 is 10.9 Å². The summed E-state index contributed by atoms with van der Waals surface area (Å²) in [7, 11) is 0. The Labute approximate surface area is 78.6 Å². The van der Waals surface area contributed by atoms with E-state index in [1.54, 1.807) is 0 Å². The van der Waals surface area contributed by atoms with Gasteiger partial charge in [-0.1, -0.05) is 0 Å². The lowest BCUT2D eigenvalue weighted by molar-refractivity contribution is -0.387. The molecule has 0 spiro atoms. The second kappa shape index (κ2) is 3.44. The predicted octanol–water partition coefficient (Wildman–Crippen LogP) is 1.58. The van der Waals surface area contributed by atoms with E-state index in [4.69, 9.17) is 5.11 Å². The molecule has 0 aliphatic rings. The molecule has 1 N–H and O–H groups in total. The molecule has 0 fully saturated rings. The molecule has 0 saturated carbocycles. The molecule has 0 atom stereocenters. The highest BCUT2D eigenvalue weighted by molar-refractivity contribution is 7.80. The summed E-state index contributed by atoms with van der Waals surface area (Å²) in [6, 6.07) is 3.52. The van der Waals surface area contributed by atoms with Crippen LogP contribution < -0.4 is 0 Å². The van der Waals surface area contributed by atoms with E-state index in [1.807, 2.05) is 0 Å². The number of rotatable bonds is 2. The molecule has 1 aromatic rings. The third-order valence-corrected chi connectivity index (χ3v) is 1.80. The van der Waals surface area contributed by atoms with Crippen LogP contribution in [0.5, 0.6) is 0 Å². The zero-order valence-electron chi connectivity index (χ0n) is 6.30. The van der Waals surface area contributed by atoms with Crippen molar-refractivity contribution in [3.8, 4) is 0 Å². The highest BCUT2D eigenvalue weighted by Crippen LogP contribution is 2.23. The maximum absolute atomic E-state index is 10.4. The quantitative estimate of drug-likeness (QED) is 0.430. The predicted molar refractivity (Wildman–Crippen MR) is 47.3 cm³/mol. The van der Waals surface area contributed by atoms with Gasteiger partial charge in [-0.25, -0.2) is 4.79 Å². The normalized spacial score (nSPS) is 9.62. The molecule has 0 unspecified atom stereocenters. The first-order chi connectivity index (χ1) is 6.02. The van der Waals surface area contributed by atoms with Crippen molar-refractivity contribution >= 4 is 24.3 Å². The third-order valence-electron chi connectivity index (χ3n) is 1.42. The fourth-order valence-electron chi connectivity index (χ4n) is 0.803. The number of hydrogen-bond donors (Lipinski definition) is 2. The molecule has 0 radical (unpaired) electrons. The van der Waals surface area contributed by atoms with Crippen LogP contribution in [-0.2, 0) is 0 Å². The first-order valence-electron chi connectivity index (χ1n) is 3.23. The fraction of sp³-hybridized carbons (Fsp3) is 0. The standard InChI is InChI=1S/C7H5NO4S/c9-7(10)4-1-2-6(13)5(3-4)8(11)12/h1-3,13H,(H,9,10). The van der Waals surface area contributed by atoms with E-state index in [0.717, 1.165) is 6.07 Å². The summed E-state index contributed by atoms with van der Waals surface area (Å²) in [5.74, 6) is -1.20. The van der Waals surface area contributed by atoms with Gasteiger partial charge < -0.3 is 5.11 Å². The van der Waals surface area contributed by atoms with Crippen molar-refractivity contribution in [1.29, 1.82) is 0 Å². The number of carboxylic acid groups (broad SMARTS) is 1. The number of nitrogens with zero attached hydrogens (tertiary/aromatic N) is 1. The van der Waals surface area contributed by atoms with Crippen molar-refractivity contribution in [3.63, 3.8) is 0 Å². The molecular formula is C7H5NO4S. The van der Waals surface area contributed by atoms with Crippen molar-refractivity contribution in [3.05, 3.63) is 33.9 Å². The smallest absolute Gasteiger partial charge is 0.335 e. The zero-order valence-corrected chi connectivity index (χ0v) is 7.19. The van der Waals surface area contributed by atoms with Gasteiger partial charge in [-0.3, -0.25) is 10.1 Å². The summed E-state index contributed by atoms with van der Waals surface area (Å²) in [5, 5.41) is 18.9. The number of aromatic carboxylic acids is 1. The Bertz CT molecular complexity index is 377. The monoisotopic (exact) mass is 199 g/mol. The Kier molecular flexibility index (Phi) is 2.52. The van der Waals surface area contributed by atoms with Gasteiger partial charge in [0.05, 0.1) is 15.4 Å². The molecule has 68 valence electrons. The second-order valence-electron chi connectivity index (χ2n) is 2.27. The molecule has 0 saturated heterocycles. The van der Waals surface area contributed by atoms with Gasteiger partial charge in [-0.2, -0.15) is 0 Å². The lowest BCUT2D eigenvalue weighted by atomic mass is 10.2. The van der Waals surface area contributed by atoms with Gasteiger partial charge in [0.25, 0.3) is 5.69 Å². The molecule has 5 nitrogen and oxygen atoms in total. The van der Waals surface area contributed by atoms with Crippen LogP contribution in [0.4, 0.5) is 5.69 Å². The van der Waals surface area contributed by atoms with Crippen molar-refractivity contribution in [1.82, 2.24) is 0 Å².